The lowest BCUT2D eigenvalue weighted by molar-refractivity contribution is -0.143. The highest BCUT2D eigenvalue weighted by atomic mass is 16.5. The molecule has 4 heterocycles. The molecule has 2 saturated heterocycles. The third-order valence-corrected chi connectivity index (χ3v) is 11.8. The van der Waals surface area contributed by atoms with Gasteiger partial charge in [0.15, 0.2) is 0 Å². The van der Waals surface area contributed by atoms with Gasteiger partial charge in [0, 0.05) is 18.7 Å². The average molecular weight is 775 g/mol. The lowest BCUT2D eigenvalue weighted by Crippen LogP contribution is -2.54. The van der Waals surface area contributed by atoms with Crippen LogP contribution in [0.4, 0.5) is 9.59 Å². The van der Waals surface area contributed by atoms with E-state index in [1.165, 1.54) is 14.2 Å². The Bertz CT molecular complexity index is 2350. The first-order chi connectivity index (χ1) is 27.8. The summed E-state index contributed by atoms with van der Waals surface area (Å²) in [6.07, 6.45) is 5.88. The number of hydrogen-bond acceptors (Lipinski definition) is 9. The summed E-state index contributed by atoms with van der Waals surface area (Å²) in [6.45, 7) is 1.73. The molecule has 0 spiro atoms. The van der Waals surface area contributed by atoms with Crippen molar-refractivity contribution in [2.75, 3.05) is 40.5 Å². The molecular weight excluding hydrogens is 729 g/mol. The van der Waals surface area contributed by atoms with Crippen LogP contribution in [0, 0.1) is 11.8 Å². The molecule has 2 aliphatic carbocycles. The Balaban J connectivity index is 0.911. The third kappa shape index (κ3) is 7.39. The van der Waals surface area contributed by atoms with Crippen molar-refractivity contribution in [3.8, 4) is 22.4 Å². The topological polar surface area (TPSA) is 184 Å². The minimum absolute atomic E-state index is 0.0809. The Morgan fingerprint density at radius 1 is 0.737 bits per heavy atom. The Kier molecular flexibility index (Phi) is 9.76. The highest BCUT2D eigenvalue weighted by Crippen LogP contribution is 2.39. The van der Waals surface area contributed by atoms with Crippen LogP contribution in [0.1, 0.15) is 62.3 Å². The number of methoxy groups -OCH3 is 2. The Morgan fingerprint density at radius 2 is 1.35 bits per heavy atom. The standard InChI is InChI=1S/C42H46N8O7/c1-55-41(53)47-35(23-5-6-23)39(51)49-15-3-4-33(49)37-43-21-32(46-37)29-12-11-25-18-26(9-10-27(25)19-29)28-13-14-30-31(20-28)45-38(44-30)34-22-57-17-16-50(34)40(52)36(24-7-8-24)48-42(54)56-2/h9-14,18-21,23-24,33-36H,3-8,15-17,22H2,1-2H3,(H,43,46)(H,44,45)(H,47,53)(H,48,54). The largest absolute Gasteiger partial charge is 0.453 e. The Morgan fingerprint density at radius 3 is 2.02 bits per heavy atom. The number of carbonyl (C=O) groups is 4. The van der Waals surface area contributed by atoms with Crippen LogP contribution >= 0.6 is 0 Å². The monoisotopic (exact) mass is 774 g/mol. The number of hydrogen-bond donors (Lipinski definition) is 4. The van der Waals surface area contributed by atoms with E-state index in [1.54, 1.807) is 4.90 Å². The SMILES string of the molecule is COC(=O)NC(C(=O)N1CCCC1c1ncc(-c2ccc3cc(-c4ccc5nc(C6COCCN6C(=O)C(NC(=O)OC)C6CC6)[nH]c5c4)ccc3c2)[nH]1)C1CC1. The number of aromatic amines is 2. The van der Waals surface area contributed by atoms with Crippen LogP contribution in [0.3, 0.4) is 0 Å². The van der Waals surface area contributed by atoms with Crippen LogP contribution in [-0.4, -0.2) is 106 Å². The van der Waals surface area contributed by atoms with E-state index in [-0.39, 0.29) is 29.7 Å². The summed E-state index contributed by atoms with van der Waals surface area (Å²) in [7, 11) is 2.61. The summed E-state index contributed by atoms with van der Waals surface area (Å²) in [4.78, 5) is 71.6. The van der Waals surface area contributed by atoms with Crippen molar-refractivity contribution < 1.29 is 33.4 Å². The molecule has 0 bridgehead atoms. The lowest BCUT2D eigenvalue weighted by Gasteiger charge is -2.36. The summed E-state index contributed by atoms with van der Waals surface area (Å²) < 4.78 is 15.4. The zero-order valence-corrected chi connectivity index (χ0v) is 32.0. The summed E-state index contributed by atoms with van der Waals surface area (Å²) in [6, 6.07) is 17.0. The summed E-state index contributed by atoms with van der Waals surface area (Å²) >= 11 is 0. The fraction of sp³-hybridized carbons (Fsp3) is 0.429. The van der Waals surface area contributed by atoms with Crippen LogP contribution in [0.25, 0.3) is 44.2 Å². The zero-order valence-electron chi connectivity index (χ0n) is 32.0. The predicted molar refractivity (Wildman–Crippen MR) is 210 cm³/mol. The number of morpholine rings is 1. The maximum absolute atomic E-state index is 13.8. The van der Waals surface area contributed by atoms with Crippen molar-refractivity contribution in [3.63, 3.8) is 0 Å². The predicted octanol–water partition coefficient (Wildman–Crippen LogP) is 5.61. The second-order valence-corrected chi connectivity index (χ2v) is 15.5. The third-order valence-electron chi connectivity index (χ3n) is 11.8. The van der Waals surface area contributed by atoms with E-state index in [0.717, 1.165) is 88.5 Å². The molecule has 4 atom stereocenters. The van der Waals surface area contributed by atoms with Gasteiger partial charge in [-0.2, -0.15) is 0 Å². The zero-order chi connectivity index (χ0) is 39.2. The molecule has 3 aromatic carbocycles. The van der Waals surface area contributed by atoms with Crippen LogP contribution in [-0.2, 0) is 23.8 Å². The number of H-pyrrole nitrogens is 2. The molecular formula is C42H46N8O7. The second kappa shape index (κ2) is 15.2. The average Bonchev–Trinajstić information content (AvgIpc) is 4.12. The number of alkyl carbamates (subject to hydrolysis) is 2. The number of likely N-dealkylation sites (tertiary alicyclic amines) is 1. The van der Waals surface area contributed by atoms with Gasteiger partial charge in [-0.05, 0) is 96.5 Å². The van der Waals surface area contributed by atoms with Crippen molar-refractivity contribution in [2.24, 2.45) is 11.8 Å². The molecule has 57 heavy (non-hydrogen) atoms. The van der Waals surface area contributed by atoms with Crippen molar-refractivity contribution in [2.45, 2.75) is 62.7 Å². The van der Waals surface area contributed by atoms with Gasteiger partial charge in [-0.15, -0.1) is 0 Å². The number of aromatic nitrogens is 4. The molecule has 2 saturated carbocycles. The van der Waals surface area contributed by atoms with Gasteiger partial charge in [0.1, 0.15) is 29.8 Å². The van der Waals surface area contributed by atoms with Crippen LogP contribution in [0.15, 0.2) is 60.8 Å². The van der Waals surface area contributed by atoms with Gasteiger partial charge >= 0.3 is 12.2 Å². The van der Waals surface area contributed by atoms with Gasteiger partial charge in [0.2, 0.25) is 11.8 Å². The van der Waals surface area contributed by atoms with Gasteiger partial charge in [0.25, 0.3) is 0 Å². The molecule has 2 aliphatic heterocycles. The van der Waals surface area contributed by atoms with Gasteiger partial charge in [-0.25, -0.2) is 19.6 Å². The molecule has 296 valence electrons. The number of nitrogens with one attached hydrogen (secondary N) is 4. The molecule has 4 amide bonds. The number of ether oxygens (including phenoxy) is 3. The number of nitrogens with zero attached hydrogens (tertiary/aromatic N) is 4. The summed E-state index contributed by atoms with van der Waals surface area (Å²) in [5.74, 6) is 1.39. The Hall–Kier alpha value is -5.96. The first kappa shape index (κ1) is 36.7. The molecule has 0 radical (unpaired) electrons. The summed E-state index contributed by atoms with van der Waals surface area (Å²) in [5.41, 5.74) is 5.56. The minimum atomic E-state index is -0.640. The van der Waals surface area contributed by atoms with E-state index in [0.29, 0.717) is 32.1 Å². The van der Waals surface area contributed by atoms with Crippen LogP contribution in [0.2, 0.25) is 0 Å². The molecule has 9 rings (SSSR count). The fourth-order valence-corrected chi connectivity index (χ4v) is 8.37. The number of benzene rings is 3. The molecule has 4 N–H and O–H groups in total. The molecule has 15 nitrogen and oxygen atoms in total. The maximum atomic E-state index is 13.8. The normalized spacial score (nSPS) is 20.7. The van der Waals surface area contributed by atoms with E-state index in [1.807, 2.05) is 23.2 Å². The number of rotatable bonds is 10. The lowest BCUT2D eigenvalue weighted by atomic mass is 9.99. The first-order valence-electron chi connectivity index (χ1n) is 19.7. The molecule has 4 aliphatic rings. The molecule has 2 aromatic heterocycles. The van der Waals surface area contributed by atoms with Crippen molar-refractivity contribution in [3.05, 3.63) is 72.4 Å². The number of imidazole rings is 2. The van der Waals surface area contributed by atoms with Gasteiger partial charge in [-0.1, -0.05) is 30.3 Å². The van der Waals surface area contributed by atoms with Gasteiger partial charge in [-0.3, -0.25) is 9.59 Å². The van der Waals surface area contributed by atoms with E-state index in [2.05, 4.69) is 63.1 Å². The van der Waals surface area contributed by atoms with E-state index < -0.39 is 30.3 Å². The van der Waals surface area contributed by atoms with Crippen molar-refractivity contribution in [1.82, 2.24) is 40.4 Å². The maximum Gasteiger partial charge on any atom is 0.407 e. The first-order valence-corrected chi connectivity index (χ1v) is 19.7. The van der Waals surface area contributed by atoms with Crippen molar-refractivity contribution in [1.29, 1.82) is 0 Å². The van der Waals surface area contributed by atoms with Crippen molar-refractivity contribution >= 4 is 45.8 Å². The van der Waals surface area contributed by atoms with Gasteiger partial charge in [0.05, 0.1) is 56.4 Å². The molecule has 4 fully saturated rings. The van der Waals surface area contributed by atoms with Crippen LogP contribution in [0.5, 0.6) is 0 Å². The fourth-order valence-electron chi connectivity index (χ4n) is 8.37. The van der Waals surface area contributed by atoms with E-state index in [9.17, 15) is 19.2 Å². The second-order valence-electron chi connectivity index (χ2n) is 15.5. The smallest absolute Gasteiger partial charge is 0.407 e. The van der Waals surface area contributed by atoms with Crippen LogP contribution < -0.4 is 10.6 Å². The highest BCUT2D eigenvalue weighted by molar-refractivity contribution is 5.92. The molecule has 15 heteroatoms. The highest BCUT2D eigenvalue weighted by Gasteiger charge is 2.44. The minimum Gasteiger partial charge on any atom is -0.453 e. The quantitative estimate of drug-likeness (QED) is 0.140. The number of carbonyl (C=O) groups excluding carboxylic acids is 4. The number of amides is 4. The molecule has 5 aromatic rings. The van der Waals surface area contributed by atoms with E-state index >= 15 is 0 Å². The van der Waals surface area contributed by atoms with Gasteiger partial charge < -0.3 is 44.6 Å². The Labute approximate surface area is 328 Å². The van der Waals surface area contributed by atoms with E-state index in [4.69, 9.17) is 24.2 Å². The molecule has 4 unspecified atom stereocenters. The summed E-state index contributed by atoms with van der Waals surface area (Å²) in [5, 5.41) is 7.67. The number of fused-ring (bicyclic) bond motifs is 2.